The largest absolute Gasteiger partial charge is 0.355 e. The summed E-state index contributed by atoms with van der Waals surface area (Å²) in [5.41, 5.74) is 7.91. The van der Waals surface area contributed by atoms with Crippen LogP contribution in [-0.2, 0) is 11.2 Å². The van der Waals surface area contributed by atoms with Gasteiger partial charge in [-0.05, 0) is 13.8 Å². The minimum atomic E-state index is -0.169. The number of nitrogens with zero attached hydrogens (tertiary/aromatic N) is 1. The Balaban J connectivity index is 1.94. The van der Waals surface area contributed by atoms with Gasteiger partial charge >= 0.3 is 0 Å². The molecule has 0 bridgehead atoms. The van der Waals surface area contributed by atoms with Gasteiger partial charge in [0, 0.05) is 35.4 Å². The average Bonchev–Trinajstić information content (AvgIpc) is 2.88. The third kappa shape index (κ3) is 4.15. The highest BCUT2D eigenvalue weighted by atomic mass is 32.1. The van der Waals surface area contributed by atoms with Gasteiger partial charge in [-0.1, -0.05) is 37.3 Å². The van der Waals surface area contributed by atoms with E-state index in [4.69, 9.17) is 10.7 Å². The van der Waals surface area contributed by atoms with Crippen LogP contribution in [0.3, 0.4) is 0 Å². The standard InChI is InChI=1S/C17H23N3OS/c1-11(12(2)18)17(21)19-10-9-15-20-16(13(3)22-15)14-7-5-4-6-8-14/h4-8,11-12H,9-10,18H2,1-3H3,(H,19,21). The predicted octanol–water partition coefficient (Wildman–Crippen LogP) is 2.76. The summed E-state index contributed by atoms with van der Waals surface area (Å²) in [6.07, 6.45) is 0.746. The number of amides is 1. The van der Waals surface area contributed by atoms with Crippen molar-refractivity contribution in [3.8, 4) is 11.3 Å². The Kier molecular flexibility index (Phi) is 5.69. The maximum Gasteiger partial charge on any atom is 0.224 e. The zero-order chi connectivity index (χ0) is 16.1. The van der Waals surface area contributed by atoms with Gasteiger partial charge in [0.25, 0.3) is 0 Å². The van der Waals surface area contributed by atoms with E-state index in [1.807, 2.05) is 32.0 Å². The Morgan fingerprint density at radius 1 is 1.32 bits per heavy atom. The monoisotopic (exact) mass is 317 g/mol. The lowest BCUT2D eigenvalue weighted by Crippen LogP contribution is -2.39. The van der Waals surface area contributed by atoms with Crippen LogP contribution >= 0.6 is 11.3 Å². The van der Waals surface area contributed by atoms with Crippen molar-refractivity contribution in [2.45, 2.75) is 33.2 Å². The average molecular weight is 317 g/mol. The van der Waals surface area contributed by atoms with Crippen molar-refractivity contribution < 1.29 is 4.79 Å². The number of hydrogen-bond acceptors (Lipinski definition) is 4. The smallest absolute Gasteiger partial charge is 0.224 e. The van der Waals surface area contributed by atoms with Gasteiger partial charge in [-0.3, -0.25) is 4.79 Å². The van der Waals surface area contributed by atoms with Gasteiger partial charge in [0.2, 0.25) is 5.91 Å². The fourth-order valence-electron chi connectivity index (χ4n) is 2.11. The van der Waals surface area contributed by atoms with Gasteiger partial charge in [0.1, 0.15) is 0 Å². The van der Waals surface area contributed by atoms with Crippen LogP contribution in [0.4, 0.5) is 0 Å². The number of aromatic nitrogens is 1. The Morgan fingerprint density at radius 2 is 2.00 bits per heavy atom. The molecule has 0 aliphatic heterocycles. The summed E-state index contributed by atoms with van der Waals surface area (Å²) in [6.45, 7) is 6.37. The minimum absolute atomic E-state index is 0.00607. The van der Waals surface area contributed by atoms with Gasteiger partial charge < -0.3 is 11.1 Å². The maximum absolute atomic E-state index is 11.9. The van der Waals surface area contributed by atoms with Crippen molar-refractivity contribution in [2.75, 3.05) is 6.54 Å². The molecule has 2 rings (SSSR count). The molecule has 22 heavy (non-hydrogen) atoms. The molecule has 0 aliphatic carbocycles. The van der Waals surface area contributed by atoms with Gasteiger partial charge in [0.05, 0.1) is 10.7 Å². The van der Waals surface area contributed by atoms with E-state index in [2.05, 4.69) is 24.4 Å². The van der Waals surface area contributed by atoms with Crippen LogP contribution in [0.25, 0.3) is 11.3 Å². The molecule has 118 valence electrons. The number of aryl methyl sites for hydroxylation is 1. The first kappa shape index (κ1) is 16.6. The fourth-order valence-corrected chi connectivity index (χ4v) is 3.07. The molecule has 0 aliphatic rings. The van der Waals surface area contributed by atoms with Crippen LogP contribution in [0.5, 0.6) is 0 Å². The third-order valence-electron chi connectivity index (χ3n) is 3.73. The van der Waals surface area contributed by atoms with E-state index in [9.17, 15) is 4.79 Å². The summed E-state index contributed by atoms with van der Waals surface area (Å²) >= 11 is 1.69. The first-order valence-corrected chi connectivity index (χ1v) is 8.35. The molecule has 2 atom stereocenters. The number of nitrogens with two attached hydrogens (primary N) is 1. The predicted molar refractivity (Wildman–Crippen MR) is 91.8 cm³/mol. The zero-order valence-electron chi connectivity index (χ0n) is 13.3. The minimum Gasteiger partial charge on any atom is -0.355 e. The molecule has 1 aromatic heterocycles. The van der Waals surface area contributed by atoms with E-state index >= 15 is 0 Å². The highest BCUT2D eigenvalue weighted by Gasteiger charge is 2.16. The molecule has 4 nitrogen and oxygen atoms in total. The second-order valence-corrected chi connectivity index (χ2v) is 6.85. The summed E-state index contributed by atoms with van der Waals surface area (Å²) in [5.74, 6) is -0.163. The highest BCUT2D eigenvalue weighted by molar-refractivity contribution is 7.12. The summed E-state index contributed by atoms with van der Waals surface area (Å²) in [5, 5.41) is 3.97. The number of thiazole rings is 1. The molecule has 2 unspecified atom stereocenters. The van der Waals surface area contributed by atoms with Crippen LogP contribution in [-0.4, -0.2) is 23.5 Å². The lowest BCUT2D eigenvalue weighted by molar-refractivity contribution is -0.124. The number of hydrogen-bond donors (Lipinski definition) is 2. The quantitative estimate of drug-likeness (QED) is 0.861. The van der Waals surface area contributed by atoms with E-state index in [-0.39, 0.29) is 17.9 Å². The second-order valence-electron chi connectivity index (χ2n) is 5.57. The van der Waals surface area contributed by atoms with Crippen LogP contribution in [0.1, 0.15) is 23.7 Å². The molecular weight excluding hydrogens is 294 g/mol. The van der Waals surface area contributed by atoms with Crippen molar-refractivity contribution >= 4 is 17.2 Å². The van der Waals surface area contributed by atoms with Crippen LogP contribution in [0.15, 0.2) is 30.3 Å². The summed E-state index contributed by atoms with van der Waals surface area (Å²) in [6, 6.07) is 10.0. The summed E-state index contributed by atoms with van der Waals surface area (Å²) in [7, 11) is 0. The molecule has 1 heterocycles. The Bertz CT molecular complexity index is 622. The van der Waals surface area contributed by atoms with Gasteiger partial charge in [0.15, 0.2) is 0 Å². The van der Waals surface area contributed by atoms with Crippen molar-refractivity contribution in [1.82, 2.24) is 10.3 Å². The lowest BCUT2D eigenvalue weighted by Gasteiger charge is -2.14. The SMILES string of the molecule is Cc1sc(CCNC(=O)C(C)C(C)N)nc1-c1ccccc1. The van der Waals surface area contributed by atoms with E-state index in [1.54, 1.807) is 11.3 Å². The van der Waals surface area contributed by atoms with Gasteiger partial charge in [-0.25, -0.2) is 4.98 Å². The molecule has 0 saturated heterocycles. The van der Waals surface area contributed by atoms with E-state index in [1.165, 1.54) is 4.88 Å². The molecule has 2 aromatic rings. The number of rotatable bonds is 6. The van der Waals surface area contributed by atoms with Crippen LogP contribution < -0.4 is 11.1 Å². The zero-order valence-corrected chi connectivity index (χ0v) is 14.1. The Hall–Kier alpha value is -1.72. The van der Waals surface area contributed by atoms with Crippen LogP contribution in [0, 0.1) is 12.8 Å². The number of benzene rings is 1. The first-order chi connectivity index (χ1) is 10.5. The number of nitrogens with one attached hydrogen (secondary N) is 1. The van der Waals surface area contributed by atoms with Crippen molar-refractivity contribution in [3.63, 3.8) is 0 Å². The molecule has 1 amide bonds. The molecule has 0 fully saturated rings. The van der Waals surface area contributed by atoms with E-state index in [0.717, 1.165) is 22.7 Å². The molecule has 0 radical (unpaired) electrons. The third-order valence-corrected chi connectivity index (χ3v) is 4.76. The molecular formula is C17H23N3OS. The maximum atomic E-state index is 11.9. The molecule has 1 aromatic carbocycles. The van der Waals surface area contributed by atoms with Gasteiger partial charge in [-0.2, -0.15) is 0 Å². The van der Waals surface area contributed by atoms with Crippen molar-refractivity contribution in [3.05, 3.63) is 40.2 Å². The normalized spacial score (nSPS) is 13.6. The van der Waals surface area contributed by atoms with Crippen molar-refractivity contribution in [2.24, 2.45) is 11.7 Å². The van der Waals surface area contributed by atoms with E-state index in [0.29, 0.717) is 6.54 Å². The molecule has 0 spiro atoms. The van der Waals surface area contributed by atoms with E-state index < -0.39 is 0 Å². The summed E-state index contributed by atoms with van der Waals surface area (Å²) < 4.78 is 0. The molecule has 0 saturated carbocycles. The molecule has 3 N–H and O–H groups in total. The van der Waals surface area contributed by atoms with Crippen molar-refractivity contribution in [1.29, 1.82) is 0 Å². The second kappa shape index (κ2) is 7.51. The molecule has 5 heteroatoms. The Labute approximate surface area is 135 Å². The topological polar surface area (TPSA) is 68.0 Å². The number of carbonyl (C=O) groups excluding carboxylic acids is 1. The van der Waals surface area contributed by atoms with Gasteiger partial charge in [-0.15, -0.1) is 11.3 Å². The first-order valence-electron chi connectivity index (χ1n) is 7.54. The highest BCUT2D eigenvalue weighted by Crippen LogP contribution is 2.27. The fraction of sp³-hybridized carbons (Fsp3) is 0.412. The Morgan fingerprint density at radius 3 is 2.64 bits per heavy atom. The van der Waals surface area contributed by atoms with Crippen LogP contribution in [0.2, 0.25) is 0 Å². The summed E-state index contributed by atoms with van der Waals surface area (Å²) in [4.78, 5) is 17.8. The lowest BCUT2D eigenvalue weighted by atomic mass is 10.0. The number of carbonyl (C=O) groups is 1.